The van der Waals surface area contributed by atoms with E-state index >= 15 is 0 Å². The summed E-state index contributed by atoms with van der Waals surface area (Å²) in [7, 11) is 0. The third-order valence-corrected chi connectivity index (χ3v) is 5.29. The zero-order chi connectivity index (χ0) is 19.2. The summed E-state index contributed by atoms with van der Waals surface area (Å²) in [6, 6.07) is 14.1. The summed E-state index contributed by atoms with van der Waals surface area (Å²) in [5, 5.41) is 2.89. The first-order chi connectivity index (χ1) is 13.0. The Bertz CT molecular complexity index is 814. The van der Waals surface area contributed by atoms with Gasteiger partial charge < -0.3 is 15.2 Å². The van der Waals surface area contributed by atoms with Crippen molar-refractivity contribution in [1.82, 2.24) is 15.2 Å². The van der Waals surface area contributed by atoms with E-state index < -0.39 is 0 Å². The van der Waals surface area contributed by atoms with E-state index in [1.807, 2.05) is 19.9 Å². The maximum Gasteiger partial charge on any atom is 0.261 e. The molecule has 1 amide bonds. The molecule has 1 aromatic heterocycles. The molecule has 0 aliphatic carbocycles. The van der Waals surface area contributed by atoms with Gasteiger partial charge in [0.1, 0.15) is 5.56 Å². The molecule has 0 bridgehead atoms. The Morgan fingerprint density at radius 3 is 2.70 bits per heavy atom. The Morgan fingerprint density at radius 2 is 2.00 bits per heavy atom. The van der Waals surface area contributed by atoms with E-state index in [0.29, 0.717) is 12.5 Å². The molecule has 1 unspecified atom stereocenters. The van der Waals surface area contributed by atoms with Crippen LogP contribution in [0.4, 0.5) is 0 Å². The summed E-state index contributed by atoms with van der Waals surface area (Å²) in [5.74, 6) is 0.483. The van der Waals surface area contributed by atoms with E-state index in [1.165, 1.54) is 18.4 Å². The van der Waals surface area contributed by atoms with Gasteiger partial charge in [-0.15, -0.1) is 0 Å². The lowest BCUT2D eigenvalue weighted by Gasteiger charge is -2.33. The standard InChI is InChI=1S/C22H29N3O2/c1-16(2)20-11-10-19(22(27)24-20)21(26)23-12-14-25-13-6-9-18(15-25)17-7-4-3-5-8-17/h3-5,7-8,10-11,16,18H,6,9,12-15H2,1-2H3,(H,23,26)(H,24,27). The maximum absolute atomic E-state index is 12.3. The van der Waals surface area contributed by atoms with Crippen LogP contribution in [0.15, 0.2) is 47.3 Å². The molecule has 2 aromatic rings. The highest BCUT2D eigenvalue weighted by atomic mass is 16.2. The molecule has 2 heterocycles. The van der Waals surface area contributed by atoms with Crippen LogP contribution in [0.1, 0.15) is 60.1 Å². The SMILES string of the molecule is CC(C)c1ccc(C(=O)NCCN2CCCC(c3ccccc3)C2)c(=O)[nH]1. The molecule has 1 atom stereocenters. The van der Waals surface area contributed by atoms with Gasteiger partial charge in [-0.1, -0.05) is 44.2 Å². The highest BCUT2D eigenvalue weighted by molar-refractivity contribution is 5.93. The van der Waals surface area contributed by atoms with Crippen LogP contribution >= 0.6 is 0 Å². The number of amides is 1. The smallest absolute Gasteiger partial charge is 0.261 e. The van der Waals surface area contributed by atoms with E-state index in [0.717, 1.165) is 25.3 Å². The number of pyridine rings is 1. The zero-order valence-electron chi connectivity index (χ0n) is 16.2. The second-order valence-electron chi connectivity index (χ2n) is 7.62. The van der Waals surface area contributed by atoms with E-state index in [2.05, 4.69) is 45.5 Å². The molecular weight excluding hydrogens is 338 g/mol. The Hall–Kier alpha value is -2.40. The Balaban J connectivity index is 1.51. The number of carbonyl (C=O) groups is 1. The van der Waals surface area contributed by atoms with Crippen LogP contribution in [0, 0.1) is 0 Å². The van der Waals surface area contributed by atoms with Crippen molar-refractivity contribution in [2.24, 2.45) is 0 Å². The molecule has 3 rings (SSSR count). The molecule has 0 spiro atoms. The average molecular weight is 367 g/mol. The van der Waals surface area contributed by atoms with Crippen LogP contribution in [-0.4, -0.2) is 42.0 Å². The first-order valence-corrected chi connectivity index (χ1v) is 9.83. The van der Waals surface area contributed by atoms with Crippen molar-refractivity contribution in [1.29, 1.82) is 0 Å². The number of benzene rings is 1. The quantitative estimate of drug-likeness (QED) is 0.824. The van der Waals surface area contributed by atoms with Crippen molar-refractivity contribution in [3.63, 3.8) is 0 Å². The van der Waals surface area contributed by atoms with Crippen molar-refractivity contribution in [3.8, 4) is 0 Å². The fourth-order valence-electron chi connectivity index (χ4n) is 3.68. The lowest BCUT2D eigenvalue weighted by atomic mass is 9.91. The predicted octanol–water partition coefficient (Wildman–Crippen LogP) is 3.11. The lowest BCUT2D eigenvalue weighted by molar-refractivity contribution is 0.0944. The number of H-pyrrole nitrogens is 1. The minimum absolute atomic E-state index is 0.181. The van der Waals surface area contributed by atoms with Crippen LogP contribution in [0.3, 0.4) is 0 Å². The van der Waals surface area contributed by atoms with Crippen molar-refractivity contribution in [2.75, 3.05) is 26.2 Å². The molecule has 5 nitrogen and oxygen atoms in total. The molecule has 5 heteroatoms. The van der Waals surface area contributed by atoms with Gasteiger partial charge in [-0.2, -0.15) is 0 Å². The first-order valence-electron chi connectivity index (χ1n) is 9.83. The molecular formula is C22H29N3O2. The largest absolute Gasteiger partial charge is 0.351 e. The number of hydrogen-bond donors (Lipinski definition) is 2. The van der Waals surface area contributed by atoms with Gasteiger partial charge in [-0.3, -0.25) is 9.59 Å². The Kier molecular flexibility index (Phi) is 6.45. The van der Waals surface area contributed by atoms with Gasteiger partial charge in [-0.25, -0.2) is 0 Å². The summed E-state index contributed by atoms with van der Waals surface area (Å²) in [6.07, 6.45) is 2.38. The van der Waals surface area contributed by atoms with E-state index in [1.54, 1.807) is 6.07 Å². The molecule has 1 aliphatic heterocycles. The average Bonchev–Trinajstić information content (AvgIpc) is 2.68. The van der Waals surface area contributed by atoms with Gasteiger partial charge in [0.15, 0.2) is 0 Å². The third-order valence-electron chi connectivity index (χ3n) is 5.29. The number of carbonyl (C=O) groups excluding carboxylic acids is 1. The highest BCUT2D eigenvalue weighted by Crippen LogP contribution is 2.26. The van der Waals surface area contributed by atoms with Crippen molar-refractivity contribution in [3.05, 3.63) is 69.6 Å². The first kappa shape index (κ1) is 19.4. The molecule has 1 aromatic carbocycles. The maximum atomic E-state index is 12.3. The van der Waals surface area contributed by atoms with Crippen LogP contribution in [0.2, 0.25) is 0 Å². The fraction of sp³-hybridized carbons (Fsp3) is 0.455. The fourth-order valence-corrected chi connectivity index (χ4v) is 3.68. The lowest BCUT2D eigenvalue weighted by Crippen LogP contribution is -2.40. The Labute approximate surface area is 160 Å². The van der Waals surface area contributed by atoms with Gasteiger partial charge in [0.2, 0.25) is 0 Å². The van der Waals surface area contributed by atoms with Gasteiger partial charge in [0.05, 0.1) is 0 Å². The molecule has 1 saturated heterocycles. The number of nitrogens with one attached hydrogen (secondary N) is 2. The molecule has 2 N–H and O–H groups in total. The summed E-state index contributed by atoms with van der Waals surface area (Å²) in [5.41, 5.74) is 2.10. The number of aromatic nitrogens is 1. The van der Waals surface area contributed by atoms with Crippen molar-refractivity contribution < 1.29 is 4.79 Å². The number of piperidine rings is 1. The van der Waals surface area contributed by atoms with Gasteiger partial charge in [0.25, 0.3) is 11.5 Å². The number of hydrogen-bond acceptors (Lipinski definition) is 3. The second kappa shape index (κ2) is 9.00. The summed E-state index contributed by atoms with van der Waals surface area (Å²) in [4.78, 5) is 29.6. The van der Waals surface area contributed by atoms with Crippen LogP contribution in [-0.2, 0) is 0 Å². The van der Waals surface area contributed by atoms with Crippen LogP contribution in [0.25, 0.3) is 0 Å². The van der Waals surface area contributed by atoms with Crippen LogP contribution < -0.4 is 10.9 Å². The Morgan fingerprint density at radius 1 is 1.22 bits per heavy atom. The molecule has 0 radical (unpaired) electrons. The third kappa shape index (κ3) is 5.07. The highest BCUT2D eigenvalue weighted by Gasteiger charge is 2.21. The molecule has 27 heavy (non-hydrogen) atoms. The predicted molar refractivity (Wildman–Crippen MR) is 108 cm³/mol. The van der Waals surface area contributed by atoms with E-state index in [9.17, 15) is 9.59 Å². The number of nitrogens with zero attached hydrogens (tertiary/aromatic N) is 1. The molecule has 1 fully saturated rings. The molecule has 0 saturated carbocycles. The van der Waals surface area contributed by atoms with Crippen LogP contribution in [0.5, 0.6) is 0 Å². The summed E-state index contributed by atoms with van der Waals surface area (Å²) in [6.45, 7) is 7.44. The topological polar surface area (TPSA) is 65.2 Å². The van der Waals surface area contributed by atoms with Gasteiger partial charge in [-0.05, 0) is 48.9 Å². The summed E-state index contributed by atoms with van der Waals surface area (Å²) >= 11 is 0. The molecule has 1 aliphatic rings. The van der Waals surface area contributed by atoms with E-state index in [-0.39, 0.29) is 22.9 Å². The minimum atomic E-state index is -0.319. The minimum Gasteiger partial charge on any atom is -0.351 e. The monoisotopic (exact) mass is 367 g/mol. The second-order valence-corrected chi connectivity index (χ2v) is 7.62. The van der Waals surface area contributed by atoms with E-state index in [4.69, 9.17) is 0 Å². The number of likely N-dealkylation sites (tertiary alicyclic amines) is 1. The summed E-state index contributed by atoms with van der Waals surface area (Å²) < 4.78 is 0. The van der Waals surface area contributed by atoms with Gasteiger partial charge in [0, 0.05) is 25.3 Å². The molecule has 144 valence electrons. The number of rotatable bonds is 6. The van der Waals surface area contributed by atoms with Crippen molar-refractivity contribution >= 4 is 5.91 Å². The normalized spacial score (nSPS) is 17.8. The number of aromatic amines is 1. The van der Waals surface area contributed by atoms with Gasteiger partial charge >= 0.3 is 0 Å². The zero-order valence-corrected chi connectivity index (χ0v) is 16.2. The van der Waals surface area contributed by atoms with Crippen molar-refractivity contribution in [2.45, 2.75) is 38.5 Å².